The van der Waals surface area contributed by atoms with Crippen molar-refractivity contribution in [2.45, 2.75) is 6.42 Å². The molecule has 0 atom stereocenters. The van der Waals surface area contributed by atoms with Crippen molar-refractivity contribution in [2.75, 3.05) is 0 Å². The lowest BCUT2D eigenvalue weighted by Crippen LogP contribution is -1.77. The van der Waals surface area contributed by atoms with Gasteiger partial charge in [-0.3, -0.25) is 0 Å². The molecule has 0 N–H and O–H groups in total. The first-order chi connectivity index (χ1) is 10.9. The van der Waals surface area contributed by atoms with Gasteiger partial charge in [-0.25, -0.2) is 0 Å². The van der Waals surface area contributed by atoms with E-state index in [2.05, 4.69) is 48.5 Å². The minimum absolute atomic E-state index is 1.10. The van der Waals surface area contributed by atoms with Gasteiger partial charge >= 0.3 is 0 Å². The molecule has 0 nitrogen and oxygen atoms in total. The predicted molar refractivity (Wildman–Crippen MR) is 96.0 cm³/mol. The molecule has 0 saturated carbocycles. The van der Waals surface area contributed by atoms with Crippen molar-refractivity contribution in [3.8, 4) is 11.1 Å². The lowest BCUT2D eigenvalue weighted by Gasteiger charge is -1.98. The van der Waals surface area contributed by atoms with Gasteiger partial charge in [0.05, 0.1) is 0 Å². The summed E-state index contributed by atoms with van der Waals surface area (Å²) in [6, 6.07) is 27.2. The van der Waals surface area contributed by atoms with Crippen LogP contribution in [0.25, 0.3) is 17.2 Å². The Hall–Kier alpha value is -2.31. The van der Waals surface area contributed by atoms with E-state index in [-0.39, 0.29) is 0 Å². The van der Waals surface area contributed by atoms with Crippen LogP contribution in [-0.2, 0) is 6.42 Å². The molecule has 0 radical (unpaired) electrons. The minimum Gasteiger partial charge on any atom is -0.0929 e. The van der Waals surface area contributed by atoms with E-state index in [1.807, 2.05) is 36.4 Å². The van der Waals surface area contributed by atoms with Crippen molar-refractivity contribution >= 4 is 17.7 Å². The molecule has 1 heteroatoms. The molecule has 1 aliphatic carbocycles. The van der Waals surface area contributed by atoms with Crippen molar-refractivity contribution in [1.82, 2.24) is 0 Å². The van der Waals surface area contributed by atoms with E-state index in [0.717, 1.165) is 12.0 Å². The third-order valence-electron chi connectivity index (χ3n) is 3.76. The largest absolute Gasteiger partial charge is 0.0929 e. The van der Waals surface area contributed by atoms with Crippen LogP contribution < -0.4 is 0 Å². The monoisotopic (exact) mass is 304 g/mol. The van der Waals surface area contributed by atoms with Crippen LogP contribution in [0.5, 0.6) is 0 Å². The van der Waals surface area contributed by atoms with Gasteiger partial charge in [-0.2, -0.15) is 0 Å². The molecule has 0 bridgehead atoms. The molecule has 108 valence electrons. The third kappa shape index (κ3) is 3.29. The van der Waals surface area contributed by atoms with Crippen LogP contribution in [0.4, 0.5) is 0 Å². The van der Waals surface area contributed by atoms with Gasteiger partial charge in [-0.1, -0.05) is 90.5 Å². The fourth-order valence-corrected chi connectivity index (χ4v) is 2.86. The Morgan fingerprint density at radius 3 is 1.68 bits per heavy atom. The quantitative estimate of drug-likeness (QED) is 0.395. The first-order valence-electron chi connectivity index (χ1n) is 7.36. The topological polar surface area (TPSA) is 0 Å². The Bertz CT molecular complexity index is 729. The van der Waals surface area contributed by atoms with Crippen molar-refractivity contribution in [1.29, 1.82) is 0 Å². The maximum absolute atomic E-state index is 5.36. The minimum atomic E-state index is 1.10. The Kier molecular flexibility index (Phi) is 4.72. The maximum atomic E-state index is 5.36. The van der Waals surface area contributed by atoms with Crippen molar-refractivity contribution in [2.24, 2.45) is 0 Å². The van der Waals surface area contributed by atoms with Crippen molar-refractivity contribution in [3.05, 3.63) is 101 Å². The summed E-state index contributed by atoms with van der Waals surface area (Å²) in [5.74, 6) is 0. The average Bonchev–Trinajstić information content (AvgIpc) is 2.95. The van der Waals surface area contributed by atoms with Crippen LogP contribution >= 0.6 is 11.6 Å². The molecule has 1 aliphatic rings. The second-order valence-electron chi connectivity index (χ2n) is 5.19. The van der Waals surface area contributed by atoms with E-state index < -0.39 is 0 Å². The summed E-state index contributed by atoms with van der Waals surface area (Å²) in [7, 11) is 0. The Labute approximate surface area is 136 Å². The molecule has 0 aliphatic heterocycles. The molecule has 0 saturated heterocycles. The zero-order valence-corrected chi connectivity index (χ0v) is 13.0. The highest BCUT2D eigenvalue weighted by Crippen LogP contribution is 2.35. The molecule has 0 heterocycles. The van der Waals surface area contributed by atoms with Crippen LogP contribution in [0.2, 0.25) is 0 Å². The summed E-state index contributed by atoms with van der Waals surface area (Å²) in [4.78, 5) is 0. The van der Waals surface area contributed by atoms with E-state index in [1.54, 1.807) is 0 Å². The lowest BCUT2D eigenvalue weighted by molar-refractivity contribution is 1.26. The molecule has 3 aromatic carbocycles. The van der Waals surface area contributed by atoms with E-state index in [1.165, 1.54) is 27.8 Å². The van der Waals surface area contributed by atoms with Crippen LogP contribution in [0.15, 0.2) is 84.4 Å². The molecule has 3 aromatic rings. The number of halogens is 1. The number of hydrogen-bond acceptors (Lipinski definition) is 0. The summed E-state index contributed by atoms with van der Waals surface area (Å²) >= 11 is 5.36. The fourth-order valence-electron chi connectivity index (χ4n) is 2.72. The summed E-state index contributed by atoms with van der Waals surface area (Å²) in [5.41, 5.74) is 8.39. The lowest BCUT2D eigenvalue weighted by atomic mass is 10.1. The van der Waals surface area contributed by atoms with Crippen LogP contribution in [-0.4, -0.2) is 0 Å². The SMILES string of the molecule is ClC=Cc1ccccc1.c1ccc2c(c1)Cc1ccccc1-2. The number of rotatable bonds is 1. The molecule has 4 rings (SSSR count). The van der Waals surface area contributed by atoms with E-state index in [4.69, 9.17) is 11.6 Å². The maximum Gasteiger partial charge on any atom is 0.00484 e. The van der Waals surface area contributed by atoms with Crippen LogP contribution in [0.3, 0.4) is 0 Å². The van der Waals surface area contributed by atoms with Gasteiger partial charge < -0.3 is 0 Å². The summed E-state index contributed by atoms with van der Waals surface area (Å²) in [6.45, 7) is 0. The molecule has 0 fully saturated rings. The van der Waals surface area contributed by atoms with Gasteiger partial charge in [0.1, 0.15) is 0 Å². The van der Waals surface area contributed by atoms with E-state index in [0.29, 0.717) is 0 Å². The number of benzene rings is 3. The van der Waals surface area contributed by atoms with Gasteiger partial charge in [-0.05, 0) is 40.3 Å². The molecular formula is C21H17Cl. The van der Waals surface area contributed by atoms with Gasteiger partial charge in [0.2, 0.25) is 0 Å². The molecule has 0 amide bonds. The van der Waals surface area contributed by atoms with Gasteiger partial charge in [0.25, 0.3) is 0 Å². The smallest absolute Gasteiger partial charge is 0.00484 e. The second kappa shape index (κ2) is 7.11. The van der Waals surface area contributed by atoms with Gasteiger partial charge in [0, 0.05) is 5.54 Å². The second-order valence-corrected chi connectivity index (χ2v) is 5.45. The third-order valence-corrected chi connectivity index (χ3v) is 3.89. The van der Waals surface area contributed by atoms with Crippen molar-refractivity contribution < 1.29 is 0 Å². The normalized spacial score (nSPS) is 11.5. The zero-order valence-electron chi connectivity index (χ0n) is 12.2. The first-order valence-corrected chi connectivity index (χ1v) is 7.80. The summed E-state index contributed by atoms with van der Waals surface area (Å²) < 4.78 is 0. The summed E-state index contributed by atoms with van der Waals surface area (Å²) in [5, 5.41) is 0. The zero-order chi connectivity index (χ0) is 15.2. The average molecular weight is 305 g/mol. The van der Waals surface area contributed by atoms with E-state index >= 15 is 0 Å². The molecule has 22 heavy (non-hydrogen) atoms. The van der Waals surface area contributed by atoms with Crippen LogP contribution in [0, 0.1) is 0 Å². The molecule has 0 spiro atoms. The Morgan fingerprint density at radius 1 is 0.636 bits per heavy atom. The standard InChI is InChI=1S/C13H10.C8H7Cl/c1-3-7-12-10(5-1)9-11-6-2-4-8-13(11)12;9-7-6-8-4-2-1-3-5-8/h1-8H,9H2;1-7H. The Balaban J connectivity index is 0.000000142. The summed E-state index contributed by atoms with van der Waals surface area (Å²) in [6.07, 6.45) is 2.95. The predicted octanol–water partition coefficient (Wildman–Crippen LogP) is 6.15. The highest BCUT2D eigenvalue weighted by atomic mass is 35.5. The highest BCUT2D eigenvalue weighted by Gasteiger charge is 2.15. The number of hydrogen-bond donors (Lipinski definition) is 0. The fraction of sp³-hybridized carbons (Fsp3) is 0.0476. The molecule has 0 aromatic heterocycles. The molecule has 0 unspecified atom stereocenters. The van der Waals surface area contributed by atoms with Gasteiger partial charge in [0.15, 0.2) is 0 Å². The first kappa shape index (κ1) is 14.6. The van der Waals surface area contributed by atoms with E-state index in [9.17, 15) is 0 Å². The molecular weight excluding hydrogens is 288 g/mol. The highest BCUT2D eigenvalue weighted by molar-refractivity contribution is 6.27. The Morgan fingerprint density at radius 2 is 1.14 bits per heavy atom. The van der Waals surface area contributed by atoms with Gasteiger partial charge in [-0.15, -0.1) is 0 Å². The van der Waals surface area contributed by atoms with Crippen LogP contribution in [0.1, 0.15) is 16.7 Å². The number of fused-ring (bicyclic) bond motifs is 3. The van der Waals surface area contributed by atoms with Crippen molar-refractivity contribution in [3.63, 3.8) is 0 Å².